The minimum Gasteiger partial charge on any atom is -0.484 e. The Kier molecular flexibility index (Phi) is 8.76. The van der Waals surface area contributed by atoms with E-state index in [0.29, 0.717) is 27.7 Å². The fourth-order valence-electron chi connectivity index (χ4n) is 3.50. The van der Waals surface area contributed by atoms with E-state index in [0.717, 1.165) is 16.0 Å². The van der Waals surface area contributed by atoms with Crippen molar-refractivity contribution in [3.05, 3.63) is 114 Å². The topological polar surface area (TPSA) is 75.7 Å². The molecule has 9 heteroatoms. The first kappa shape index (κ1) is 26.6. The standard InChI is InChI=1S/C28H25ClN2O4S2/c1-37(33,34)31(19-21-9-5-6-12-25(21)29)22-15-17-23(18-16-22)35-20-28(32)30-26-13-7-8-14-27(26)36-24-10-3-2-4-11-24/h2-18H,19-20H2,1H3,(H,30,32). The zero-order valence-corrected chi connectivity index (χ0v) is 22.4. The van der Waals surface area contributed by atoms with E-state index in [2.05, 4.69) is 5.32 Å². The predicted octanol–water partition coefficient (Wildman–Crippen LogP) is 6.47. The first-order valence-electron chi connectivity index (χ1n) is 11.4. The van der Waals surface area contributed by atoms with E-state index in [-0.39, 0.29) is 19.1 Å². The molecule has 0 aromatic heterocycles. The summed E-state index contributed by atoms with van der Waals surface area (Å²) in [5.74, 6) is 0.138. The molecule has 0 bridgehead atoms. The summed E-state index contributed by atoms with van der Waals surface area (Å²) in [6.07, 6.45) is 1.15. The number of carbonyl (C=O) groups excluding carboxylic acids is 1. The van der Waals surface area contributed by atoms with E-state index in [4.69, 9.17) is 16.3 Å². The van der Waals surface area contributed by atoms with Gasteiger partial charge in [0, 0.05) is 14.8 Å². The number of para-hydroxylation sites is 1. The molecule has 0 radical (unpaired) electrons. The molecule has 190 valence electrons. The molecule has 0 aliphatic heterocycles. The Morgan fingerprint density at radius 1 is 0.892 bits per heavy atom. The highest BCUT2D eigenvalue weighted by atomic mass is 35.5. The third-order valence-corrected chi connectivity index (χ3v) is 7.89. The Morgan fingerprint density at radius 2 is 1.54 bits per heavy atom. The summed E-state index contributed by atoms with van der Waals surface area (Å²) in [6, 6.07) is 31.1. The average Bonchev–Trinajstić information content (AvgIpc) is 2.88. The second-order valence-electron chi connectivity index (χ2n) is 8.10. The first-order chi connectivity index (χ1) is 17.8. The van der Waals surface area contributed by atoms with Crippen LogP contribution in [0.15, 0.2) is 113 Å². The van der Waals surface area contributed by atoms with Crippen LogP contribution in [-0.4, -0.2) is 27.2 Å². The van der Waals surface area contributed by atoms with Crippen molar-refractivity contribution < 1.29 is 17.9 Å². The minimum atomic E-state index is -3.57. The lowest BCUT2D eigenvalue weighted by atomic mass is 10.2. The lowest BCUT2D eigenvalue weighted by Crippen LogP contribution is -2.29. The van der Waals surface area contributed by atoms with Crippen LogP contribution < -0.4 is 14.4 Å². The van der Waals surface area contributed by atoms with Crippen LogP contribution in [0.4, 0.5) is 11.4 Å². The number of benzene rings is 4. The quantitative estimate of drug-likeness (QED) is 0.244. The molecule has 0 saturated heterocycles. The van der Waals surface area contributed by atoms with Crippen molar-refractivity contribution in [3.63, 3.8) is 0 Å². The fraction of sp³-hybridized carbons (Fsp3) is 0.107. The van der Waals surface area contributed by atoms with Crippen LogP contribution in [0.5, 0.6) is 5.75 Å². The van der Waals surface area contributed by atoms with Crippen LogP contribution in [0.2, 0.25) is 5.02 Å². The van der Waals surface area contributed by atoms with E-state index in [1.165, 1.54) is 4.31 Å². The number of nitrogens with one attached hydrogen (secondary N) is 1. The van der Waals surface area contributed by atoms with Crippen LogP contribution in [0, 0.1) is 0 Å². The molecule has 4 aromatic rings. The van der Waals surface area contributed by atoms with Crippen molar-refractivity contribution in [2.45, 2.75) is 16.3 Å². The number of anilines is 2. The predicted molar refractivity (Wildman–Crippen MR) is 150 cm³/mol. The van der Waals surface area contributed by atoms with Crippen molar-refractivity contribution >= 4 is 50.7 Å². The van der Waals surface area contributed by atoms with Gasteiger partial charge in [0.1, 0.15) is 5.75 Å². The van der Waals surface area contributed by atoms with Crippen molar-refractivity contribution in [3.8, 4) is 5.75 Å². The number of hydrogen-bond donors (Lipinski definition) is 1. The molecule has 4 aromatic carbocycles. The highest BCUT2D eigenvalue weighted by molar-refractivity contribution is 7.99. The Bertz CT molecular complexity index is 1460. The second-order valence-corrected chi connectivity index (χ2v) is 11.5. The van der Waals surface area contributed by atoms with E-state index >= 15 is 0 Å². The summed E-state index contributed by atoms with van der Waals surface area (Å²) in [7, 11) is -3.57. The zero-order valence-electron chi connectivity index (χ0n) is 20.0. The van der Waals surface area contributed by atoms with Crippen LogP contribution in [-0.2, 0) is 21.4 Å². The van der Waals surface area contributed by atoms with Gasteiger partial charge >= 0.3 is 0 Å². The van der Waals surface area contributed by atoms with Crippen molar-refractivity contribution in [1.82, 2.24) is 0 Å². The monoisotopic (exact) mass is 552 g/mol. The average molecular weight is 553 g/mol. The van der Waals surface area contributed by atoms with Crippen molar-refractivity contribution in [2.75, 3.05) is 22.5 Å². The van der Waals surface area contributed by atoms with E-state index < -0.39 is 10.0 Å². The molecule has 0 heterocycles. The third-order valence-electron chi connectivity index (χ3n) is 5.30. The van der Waals surface area contributed by atoms with E-state index in [9.17, 15) is 13.2 Å². The van der Waals surface area contributed by atoms with Gasteiger partial charge < -0.3 is 10.1 Å². The Morgan fingerprint density at radius 3 is 2.24 bits per heavy atom. The van der Waals surface area contributed by atoms with E-state index in [1.54, 1.807) is 54.2 Å². The van der Waals surface area contributed by atoms with Gasteiger partial charge in [0.25, 0.3) is 5.91 Å². The maximum atomic E-state index is 12.6. The molecule has 0 saturated carbocycles. The van der Waals surface area contributed by atoms with Crippen molar-refractivity contribution in [2.24, 2.45) is 0 Å². The summed E-state index contributed by atoms with van der Waals surface area (Å²) in [5, 5.41) is 3.39. The molecule has 0 fully saturated rings. The first-order valence-corrected chi connectivity index (χ1v) is 14.4. The molecule has 0 spiro atoms. The van der Waals surface area contributed by atoms with Gasteiger partial charge in [-0.25, -0.2) is 8.42 Å². The number of nitrogens with zero attached hydrogens (tertiary/aromatic N) is 1. The summed E-state index contributed by atoms with van der Waals surface area (Å²) in [4.78, 5) is 14.6. The van der Waals surface area contributed by atoms with Gasteiger partial charge in [0.05, 0.1) is 24.2 Å². The Hall–Kier alpha value is -3.46. The summed E-state index contributed by atoms with van der Waals surface area (Å²) in [5.41, 5.74) is 1.85. The van der Waals surface area contributed by atoms with Crippen LogP contribution in [0.25, 0.3) is 0 Å². The molecular weight excluding hydrogens is 528 g/mol. The van der Waals surface area contributed by atoms with Gasteiger partial charge in [-0.15, -0.1) is 0 Å². The Labute approximate surface area is 226 Å². The number of sulfonamides is 1. The zero-order chi connectivity index (χ0) is 26.3. The van der Waals surface area contributed by atoms with Gasteiger partial charge in [-0.05, 0) is 60.2 Å². The fourth-order valence-corrected chi connectivity index (χ4v) is 5.50. The molecule has 0 aliphatic rings. The SMILES string of the molecule is CS(=O)(=O)N(Cc1ccccc1Cl)c1ccc(OCC(=O)Nc2ccccc2Sc2ccccc2)cc1. The van der Waals surface area contributed by atoms with Gasteiger partial charge in [-0.1, -0.05) is 71.9 Å². The number of halogens is 1. The summed E-state index contributed by atoms with van der Waals surface area (Å²) < 4.78 is 31.8. The number of carbonyl (C=O) groups is 1. The largest absolute Gasteiger partial charge is 0.484 e. The molecule has 0 unspecified atom stereocenters. The van der Waals surface area contributed by atoms with Gasteiger partial charge in [-0.2, -0.15) is 0 Å². The number of hydrogen-bond acceptors (Lipinski definition) is 5. The Balaban J connectivity index is 1.39. The van der Waals surface area contributed by atoms with Crippen LogP contribution >= 0.6 is 23.4 Å². The number of ether oxygens (including phenoxy) is 1. The molecular formula is C28H25ClN2O4S2. The molecule has 0 aliphatic carbocycles. The summed E-state index contributed by atoms with van der Waals surface area (Å²) in [6.45, 7) is -0.0966. The normalized spacial score (nSPS) is 11.1. The number of amides is 1. The highest BCUT2D eigenvalue weighted by Gasteiger charge is 2.19. The van der Waals surface area contributed by atoms with Crippen LogP contribution in [0.1, 0.15) is 5.56 Å². The van der Waals surface area contributed by atoms with Crippen LogP contribution in [0.3, 0.4) is 0 Å². The maximum Gasteiger partial charge on any atom is 0.262 e. The van der Waals surface area contributed by atoms with Gasteiger partial charge in [0.2, 0.25) is 10.0 Å². The van der Waals surface area contributed by atoms with Gasteiger partial charge in [0.15, 0.2) is 6.61 Å². The smallest absolute Gasteiger partial charge is 0.262 e. The lowest BCUT2D eigenvalue weighted by molar-refractivity contribution is -0.118. The lowest BCUT2D eigenvalue weighted by Gasteiger charge is -2.23. The van der Waals surface area contributed by atoms with Gasteiger partial charge in [-0.3, -0.25) is 9.10 Å². The summed E-state index contributed by atoms with van der Waals surface area (Å²) >= 11 is 7.79. The molecule has 1 amide bonds. The molecule has 0 atom stereocenters. The maximum absolute atomic E-state index is 12.6. The van der Waals surface area contributed by atoms with E-state index in [1.807, 2.05) is 60.7 Å². The molecule has 6 nitrogen and oxygen atoms in total. The number of rotatable bonds is 10. The third kappa shape index (κ3) is 7.52. The molecule has 1 N–H and O–H groups in total. The minimum absolute atomic E-state index is 0.0987. The molecule has 37 heavy (non-hydrogen) atoms. The highest BCUT2D eigenvalue weighted by Crippen LogP contribution is 2.33. The second kappa shape index (κ2) is 12.2. The molecule has 4 rings (SSSR count). The van der Waals surface area contributed by atoms with Crippen molar-refractivity contribution in [1.29, 1.82) is 0 Å².